The number of para-hydroxylation sites is 1. The van der Waals surface area contributed by atoms with Crippen molar-refractivity contribution in [3.05, 3.63) is 36.5 Å². The van der Waals surface area contributed by atoms with E-state index in [0.717, 1.165) is 38.8 Å². The van der Waals surface area contributed by atoms with Crippen LogP contribution in [-0.2, 0) is 11.3 Å². The van der Waals surface area contributed by atoms with E-state index in [0.29, 0.717) is 13.0 Å². The molecule has 0 spiro atoms. The Morgan fingerprint density at radius 1 is 1.21 bits per heavy atom. The molecule has 1 aliphatic carbocycles. The number of hydrogen-bond donors (Lipinski definition) is 1. The Balaban J connectivity index is 1.38. The first kappa shape index (κ1) is 15.7. The van der Waals surface area contributed by atoms with Gasteiger partial charge in [-0.25, -0.2) is 0 Å². The summed E-state index contributed by atoms with van der Waals surface area (Å²) in [5.41, 5.74) is 0.677. The minimum atomic E-state index is -0.508. The van der Waals surface area contributed by atoms with Crippen molar-refractivity contribution in [2.75, 3.05) is 13.1 Å². The quantitative estimate of drug-likeness (QED) is 0.941. The van der Waals surface area contributed by atoms with E-state index in [4.69, 9.17) is 0 Å². The lowest BCUT2D eigenvalue weighted by Gasteiger charge is -2.47. The van der Waals surface area contributed by atoms with E-state index in [1.807, 2.05) is 17.0 Å². The lowest BCUT2D eigenvalue weighted by atomic mass is 9.71. The Morgan fingerprint density at radius 2 is 2.08 bits per heavy atom. The summed E-state index contributed by atoms with van der Waals surface area (Å²) in [4.78, 5) is 14.6. The molecule has 4 heteroatoms. The number of carbonyl (C=O) groups is 1. The third-order valence-corrected chi connectivity index (χ3v) is 6.03. The van der Waals surface area contributed by atoms with E-state index < -0.39 is 5.60 Å². The smallest absolute Gasteiger partial charge is 0.224 e. The first-order valence-electron chi connectivity index (χ1n) is 9.20. The highest BCUT2D eigenvalue weighted by molar-refractivity contribution is 5.80. The number of benzene rings is 1. The third kappa shape index (κ3) is 2.84. The van der Waals surface area contributed by atoms with Crippen molar-refractivity contribution in [1.82, 2.24) is 9.47 Å². The number of aliphatic hydroxyl groups is 1. The van der Waals surface area contributed by atoms with Crippen LogP contribution in [0.2, 0.25) is 0 Å². The van der Waals surface area contributed by atoms with Crippen LogP contribution in [0, 0.1) is 5.92 Å². The van der Waals surface area contributed by atoms with Gasteiger partial charge in [0.2, 0.25) is 5.91 Å². The highest BCUT2D eigenvalue weighted by atomic mass is 16.3. The minimum Gasteiger partial charge on any atom is -0.389 e. The summed E-state index contributed by atoms with van der Waals surface area (Å²) in [6, 6.07) is 10.4. The van der Waals surface area contributed by atoms with Gasteiger partial charge in [0.05, 0.1) is 5.60 Å². The summed E-state index contributed by atoms with van der Waals surface area (Å²) in [5.74, 6) is 0.497. The SMILES string of the molecule is O=C(CCn1ccc2ccccc21)N1CC[C@]2(O)CCCC[C@H]2C1. The molecule has 2 atom stereocenters. The number of hydrogen-bond acceptors (Lipinski definition) is 2. The van der Waals surface area contributed by atoms with Crippen LogP contribution in [0.3, 0.4) is 0 Å². The van der Waals surface area contributed by atoms with Crippen LogP contribution in [0.25, 0.3) is 10.9 Å². The number of amides is 1. The van der Waals surface area contributed by atoms with Crippen LogP contribution in [0.15, 0.2) is 36.5 Å². The molecule has 1 aromatic heterocycles. The first-order chi connectivity index (χ1) is 11.7. The summed E-state index contributed by atoms with van der Waals surface area (Å²) < 4.78 is 2.16. The molecule has 1 N–H and O–H groups in total. The molecule has 2 fully saturated rings. The van der Waals surface area contributed by atoms with Crippen molar-refractivity contribution in [3.8, 4) is 0 Å². The highest BCUT2D eigenvalue weighted by Crippen LogP contribution is 2.39. The van der Waals surface area contributed by atoms with Gasteiger partial charge in [-0.1, -0.05) is 31.0 Å². The Hall–Kier alpha value is -1.81. The average molecular weight is 326 g/mol. The van der Waals surface area contributed by atoms with E-state index in [9.17, 15) is 9.90 Å². The molecule has 128 valence electrons. The van der Waals surface area contributed by atoms with Gasteiger partial charge in [0.25, 0.3) is 0 Å². The van der Waals surface area contributed by atoms with E-state index in [1.165, 1.54) is 17.3 Å². The zero-order chi connectivity index (χ0) is 16.6. The van der Waals surface area contributed by atoms with Gasteiger partial charge in [0, 0.05) is 43.7 Å². The number of fused-ring (bicyclic) bond motifs is 2. The second-order valence-corrected chi connectivity index (χ2v) is 7.45. The van der Waals surface area contributed by atoms with Crippen LogP contribution in [0.1, 0.15) is 38.5 Å². The molecular weight excluding hydrogens is 300 g/mol. The molecule has 2 aliphatic rings. The number of carbonyl (C=O) groups excluding carboxylic acids is 1. The lowest BCUT2D eigenvalue weighted by molar-refractivity contribution is -0.143. The van der Waals surface area contributed by atoms with Gasteiger partial charge in [0.15, 0.2) is 0 Å². The van der Waals surface area contributed by atoms with Crippen molar-refractivity contribution < 1.29 is 9.90 Å². The number of nitrogens with zero attached hydrogens (tertiary/aromatic N) is 2. The Bertz CT molecular complexity index is 738. The van der Waals surface area contributed by atoms with Crippen molar-refractivity contribution in [3.63, 3.8) is 0 Å². The number of rotatable bonds is 3. The number of aromatic nitrogens is 1. The second kappa shape index (κ2) is 6.25. The van der Waals surface area contributed by atoms with E-state index in [-0.39, 0.29) is 11.8 Å². The summed E-state index contributed by atoms with van der Waals surface area (Å²) in [7, 11) is 0. The van der Waals surface area contributed by atoms with Crippen molar-refractivity contribution >= 4 is 16.8 Å². The third-order valence-electron chi connectivity index (χ3n) is 6.03. The number of aryl methyl sites for hydroxylation is 1. The predicted molar refractivity (Wildman–Crippen MR) is 94.7 cm³/mol. The Morgan fingerprint density at radius 3 is 3.00 bits per heavy atom. The molecule has 0 radical (unpaired) electrons. The highest BCUT2D eigenvalue weighted by Gasteiger charge is 2.43. The fourth-order valence-corrected chi connectivity index (χ4v) is 4.51. The van der Waals surface area contributed by atoms with Crippen LogP contribution in [-0.4, -0.2) is 39.2 Å². The zero-order valence-corrected chi connectivity index (χ0v) is 14.2. The maximum Gasteiger partial charge on any atom is 0.224 e. The molecular formula is C20H26N2O2. The van der Waals surface area contributed by atoms with E-state index >= 15 is 0 Å². The lowest BCUT2D eigenvalue weighted by Crippen LogP contribution is -2.54. The van der Waals surface area contributed by atoms with Crippen molar-refractivity contribution in [2.45, 2.75) is 50.7 Å². The summed E-state index contributed by atoms with van der Waals surface area (Å²) in [5, 5.41) is 12.0. The molecule has 1 saturated heterocycles. The molecule has 2 aromatic rings. The van der Waals surface area contributed by atoms with Gasteiger partial charge in [-0.2, -0.15) is 0 Å². The molecule has 1 saturated carbocycles. The van der Waals surface area contributed by atoms with Crippen molar-refractivity contribution in [2.24, 2.45) is 5.92 Å². The fraction of sp³-hybridized carbons (Fsp3) is 0.550. The minimum absolute atomic E-state index is 0.223. The van der Waals surface area contributed by atoms with Crippen LogP contribution < -0.4 is 0 Å². The molecule has 24 heavy (non-hydrogen) atoms. The van der Waals surface area contributed by atoms with Gasteiger partial charge in [-0.3, -0.25) is 4.79 Å². The maximum atomic E-state index is 12.6. The zero-order valence-electron chi connectivity index (χ0n) is 14.2. The summed E-state index contributed by atoms with van der Waals surface area (Å²) in [6.45, 7) is 2.16. The summed E-state index contributed by atoms with van der Waals surface area (Å²) in [6.07, 6.45) is 7.62. The van der Waals surface area contributed by atoms with Crippen LogP contribution in [0.4, 0.5) is 0 Å². The predicted octanol–water partition coefficient (Wildman–Crippen LogP) is 3.19. The van der Waals surface area contributed by atoms with Crippen LogP contribution in [0.5, 0.6) is 0 Å². The van der Waals surface area contributed by atoms with Crippen LogP contribution >= 0.6 is 0 Å². The van der Waals surface area contributed by atoms with Gasteiger partial charge < -0.3 is 14.6 Å². The Labute approximate surface area is 143 Å². The number of piperidine rings is 1. The van der Waals surface area contributed by atoms with Gasteiger partial charge in [0.1, 0.15) is 0 Å². The molecule has 1 aromatic carbocycles. The summed E-state index contributed by atoms with van der Waals surface area (Å²) >= 11 is 0. The monoisotopic (exact) mass is 326 g/mol. The Kier molecular flexibility index (Phi) is 4.09. The van der Waals surface area contributed by atoms with E-state index in [1.54, 1.807) is 0 Å². The number of likely N-dealkylation sites (tertiary alicyclic amines) is 1. The van der Waals surface area contributed by atoms with Gasteiger partial charge in [-0.05, 0) is 36.8 Å². The maximum absolute atomic E-state index is 12.6. The molecule has 1 amide bonds. The largest absolute Gasteiger partial charge is 0.389 e. The molecule has 1 aliphatic heterocycles. The molecule has 2 heterocycles. The van der Waals surface area contributed by atoms with Crippen molar-refractivity contribution in [1.29, 1.82) is 0 Å². The molecule has 0 unspecified atom stereocenters. The molecule has 0 bridgehead atoms. The topological polar surface area (TPSA) is 45.5 Å². The van der Waals surface area contributed by atoms with Gasteiger partial charge >= 0.3 is 0 Å². The first-order valence-corrected chi connectivity index (χ1v) is 9.20. The molecule has 4 rings (SSSR count). The average Bonchev–Trinajstić information content (AvgIpc) is 3.02. The molecule has 4 nitrogen and oxygen atoms in total. The standard InChI is InChI=1S/C20H26N2O2/c23-19(9-13-21-12-8-16-5-1-2-7-18(16)21)22-14-11-20(24)10-4-3-6-17(20)15-22/h1-2,5,7-8,12,17,24H,3-4,6,9-11,13-15H2/t17-,20+/m0/s1. The van der Waals surface area contributed by atoms with Gasteiger partial charge in [-0.15, -0.1) is 0 Å². The normalized spacial score (nSPS) is 27.2. The second-order valence-electron chi connectivity index (χ2n) is 7.45. The van der Waals surface area contributed by atoms with E-state index in [2.05, 4.69) is 29.0 Å². The fourth-order valence-electron chi connectivity index (χ4n) is 4.51.